The largest absolute Gasteiger partial charge is 0.492 e. The van der Waals surface area contributed by atoms with Crippen LogP contribution < -0.4 is 4.74 Å². The van der Waals surface area contributed by atoms with Gasteiger partial charge in [0.25, 0.3) is 5.91 Å². The summed E-state index contributed by atoms with van der Waals surface area (Å²) in [6, 6.07) is 8.02. The van der Waals surface area contributed by atoms with Crippen molar-refractivity contribution >= 4 is 17.2 Å². The Hall–Kier alpha value is -1.92. The highest BCUT2D eigenvalue weighted by Gasteiger charge is 2.24. The summed E-state index contributed by atoms with van der Waals surface area (Å²) in [5.74, 6) is 0.802. The highest BCUT2D eigenvalue weighted by Crippen LogP contribution is 2.27. The average Bonchev–Trinajstić information content (AvgIpc) is 2.93. The molecule has 0 bridgehead atoms. The van der Waals surface area contributed by atoms with Gasteiger partial charge in [-0.2, -0.15) is 0 Å². The summed E-state index contributed by atoms with van der Waals surface area (Å²) in [4.78, 5) is 22.5. The molecule has 0 aliphatic carbocycles. The van der Waals surface area contributed by atoms with Crippen molar-refractivity contribution in [1.82, 2.24) is 14.8 Å². The fourth-order valence-electron chi connectivity index (χ4n) is 3.11. The minimum absolute atomic E-state index is 0.0916. The van der Waals surface area contributed by atoms with E-state index in [1.165, 1.54) is 11.3 Å². The molecule has 1 fully saturated rings. The first kappa shape index (κ1) is 17.9. The Balaban J connectivity index is 1.61. The molecule has 0 N–H and O–H groups in total. The van der Waals surface area contributed by atoms with Crippen molar-refractivity contribution in [2.45, 2.75) is 26.8 Å². The third-order valence-electron chi connectivity index (χ3n) is 4.33. The Labute approximate surface area is 153 Å². The van der Waals surface area contributed by atoms with E-state index in [0.29, 0.717) is 12.4 Å². The number of aromatic nitrogens is 1. The molecule has 2 aromatic heterocycles. The lowest BCUT2D eigenvalue weighted by atomic mass is 10.3. The van der Waals surface area contributed by atoms with Crippen LogP contribution in [0.1, 0.15) is 34.4 Å². The van der Waals surface area contributed by atoms with Gasteiger partial charge in [0.1, 0.15) is 10.6 Å². The second-order valence-electron chi connectivity index (χ2n) is 6.24. The summed E-state index contributed by atoms with van der Waals surface area (Å²) < 4.78 is 5.58. The number of thiophene rings is 1. The highest BCUT2D eigenvalue weighted by molar-refractivity contribution is 7.12. The molecule has 1 aliphatic heterocycles. The number of amides is 1. The van der Waals surface area contributed by atoms with Gasteiger partial charge in [-0.3, -0.25) is 14.7 Å². The summed E-state index contributed by atoms with van der Waals surface area (Å²) in [7, 11) is 0. The molecule has 0 unspecified atom stereocenters. The Morgan fingerprint density at radius 1 is 1.24 bits per heavy atom. The Morgan fingerprint density at radius 3 is 2.92 bits per heavy atom. The maximum absolute atomic E-state index is 12.8. The van der Waals surface area contributed by atoms with Crippen LogP contribution in [0.25, 0.3) is 0 Å². The summed E-state index contributed by atoms with van der Waals surface area (Å²) in [5.41, 5.74) is 2.14. The molecule has 5 nitrogen and oxygen atoms in total. The van der Waals surface area contributed by atoms with Gasteiger partial charge in [0, 0.05) is 38.4 Å². The first-order chi connectivity index (χ1) is 12.2. The minimum atomic E-state index is 0.0916. The number of carbonyl (C=O) groups excluding carboxylic acids is 1. The van der Waals surface area contributed by atoms with E-state index in [2.05, 4.69) is 22.0 Å². The van der Waals surface area contributed by atoms with E-state index in [-0.39, 0.29) is 5.91 Å². The Kier molecular flexibility index (Phi) is 6.04. The minimum Gasteiger partial charge on any atom is -0.492 e. The van der Waals surface area contributed by atoms with Crippen LogP contribution in [-0.4, -0.2) is 53.5 Å². The van der Waals surface area contributed by atoms with E-state index in [0.717, 1.165) is 55.4 Å². The monoisotopic (exact) mass is 359 g/mol. The van der Waals surface area contributed by atoms with E-state index < -0.39 is 0 Å². The molecule has 134 valence electrons. The van der Waals surface area contributed by atoms with Crippen molar-refractivity contribution in [3.05, 3.63) is 45.9 Å². The number of rotatable bonds is 5. The number of carbonyl (C=O) groups is 1. The third-order valence-corrected chi connectivity index (χ3v) is 5.21. The number of hydrogen-bond donors (Lipinski definition) is 0. The van der Waals surface area contributed by atoms with Crippen molar-refractivity contribution in [1.29, 1.82) is 0 Å². The van der Waals surface area contributed by atoms with E-state index in [1.807, 2.05) is 36.3 Å². The summed E-state index contributed by atoms with van der Waals surface area (Å²) in [6.07, 6.45) is 0.979. The molecule has 2 aromatic rings. The summed E-state index contributed by atoms with van der Waals surface area (Å²) in [6.45, 7) is 8.77. The van der Waals surface area contributed by atoms with Gasteiger partial charge < -0.3 is 9.64 Å². The molecule has 1 amide bonds. The number of ether oxygens (including phenoxy) is 1. The fourth-order valence-corrected chi connectivity index (χ4v) is 3.92. The van der Waals surface area contributed by atoms with Crippen LogP contribution in [0.4, 0.5) is 0 Å². The lowest BCUT2D eigenvalue weighted by Gasteiger charge is -2.22. The van der Waals surface area contributed by atoms with Crippen molar-refractivity contribution in [3.8, 4) is 5.75 Å². The molecule has 0 spiro atoms. The van der Waals surface area contributed by atoms with Gasteiger partial charge in [-0.15, -0.1) is 11.3 Å². The zero-order chi connectivity index (χ0) is 17.6. The molecule has 0 atom stereocenters. The van der Waals surface area contributed by atoms with Crippen molar-refractivity contribution < 1.29 is 9.53 Å². The lowest BCUT2D eigenvalue weighted by Crippen LogP contribution is -2.35. The highest BCUT2D eigenvalue weighted by atomic mass is 32.1. The average molecular weight is 359 g/mol. The SMILES string of the molecule is CCOc1ccsc1C(=O)N1CCCN(Cc2cccc(C)n2)CC1. The zero-order valence-corrected chi connectivity index (χ0v) is 15.7. The van der Waals surface area contributed by atoms with E-state index in [1.54, 1.807) is 0 Å². The van der Waals surface area contributed by atoms with Gasteiger partial charge in [-0.25, -0.2) is 0 Å². The molecule has 1 aliphatic rings. The zero-order valence-electron chi connectivity index (χ0n) is 14.9. The molecule has 6 heteroatoms. The summed E-state index contributed by atoms with van der Waals surface area (Å²) >= 11 is 1.46. The Morgan fingerprint density at radius 2 is 2.12 bits per heavy atom. The van der Waals surface area contributed by atoms with Gasteiger partial charge in [-0.05, 0) is 43.8 Å². The van der Waals surface area contributed by atoms with Crippen LogP contribution in [0, 0.1) is 6.92 Å². The first-order valence-electron chi connectivity index (χ1n) is 8.82. The second kappa shape index (κ2) is 8.45. The molecule has 3 rings (SSSR count). The lowest BCUT2D eigenvalue weighted by molar-refractivity contribution is 0.0762. The molecule has 25 heavy (non-hydrogen) atoms. The van der Waals surface area contributed by atoms with Crippen molar-refractivity contribution in [3.63, 3.8) is 0 Å². The molecule has 0 saturated carbocycles. The van der Waals surface area contributed by atoms with Gasteiger partial charge in [0.15, 0.2) is 0 Å². The van der Waals surface area contributed by atoms with Crippen LogP contribution in [-0.2, 0) is 6.54 Å². The predicted molar refractivity (Wildman–Crippen MR) is 100 cm³/mol. The maximum atomic E-state index is 12.8. The van der Waals surface area contributed by atoms with Gasteiger partial charge in [-0.1, -0.05) is 6.07 Å². The molecular weight excluding hydrogens is 334 g/mol. The topological polar surface area (TPSA) is 45.7 Å². The normalized spacial score (nSPS) is 15.8. The van der Waals surface area contributed by atoms with Crippen LogP contribution in [0.3, 0.4) is 0 Å². The van der Waals surface area contributed by atoms with Crippen molar-refractivity contribution in [2.75, 3.05) is 32.8 Å². The fraction of sp³-hybridized carbons (Fsp3) is 0.474. The van der Waals surface area contributed by atoms with Gasteiger partial charge in [0.2, 0.25) is 0 Å². The number of aryl methyl sites for hydroxylation is 1. The van der Waals surface area contributed by atoms with Crippen LogP contribution >= 0.6 is 11.3 Å². The van der Waals surface area contributed by atoms with Gasteiger partial charge in [0.05, 0.1) is 12.3 Å². The van der Waals surface area contributed by atoms with Crippen LogP contribution in [0.15, 0.2) is 29.6 Å². The Bertz CT molecular complexity index is 716. The first-order valence-corrected chi connectivity index (χ1v) is 9.70. The van der Waals surface area contributed by atoms with Crippen molar-refractivity contribution in [2.24, 2.45) is 0 Å². The van der Waals surface area contributed by atoms with Crippen LogP contribution in [0.5, 0.6) is 5.75 Å². The maximum Gasteiger partial charge on any atom is 0.267 e. The number of pyridine rings is 1. The molecule has 0 aromatic carbocycles. The van der Waals surface area contributed by atoms with E-state index in [4.69, 9.17) is 4.74 Å². The standard InChI is InChI=1S/C19H25N3O2S/c1-3-24-17-8-13-25-18(17)19(23)22-10-5-9-21(11-12-22)14-16-7-4-6-15(2)20-16/h4,6-8,13H,3,5,9-12,14H2,1-2H3. The quantitative estimate of drug-likeness (QED) is 0.822. The number of nitrogens with zero attached hydrogens (tertiary/aromatic N) is 3. The second-order valence-corrected chi connectivity index (χ2v) is 7.16. The molecular formula is C19H25N3O2S. The number of hydrogen-bond acceptors (Lipinski definition) is 5. The van der Waals surface area contributed by atoms with E-state index >= 15 is 0 Å². The van der Waals surface area contributed by atoms with Gasteiger partial charge >= 0.3 is 0 Å². The van der Waals surface area contributed by atoms with Crippen LogP contribution in [0.2, 0.25) is 0 Å². The molecule has 1 saturated heterocycles. The predicted octanol–water partition coefficient (Wildman–Crippen LogP) is 3.20. The molecule has 0 radical (unpaired) electrons. The third kappa shape index (κ3) is 4.58. The molecule has 3 heterocycles. The summed E-state index contributed by atoms with van der Waals surface area (Å²) in [5, 5.41) is 1.92. The smallest absolute Gasteiger partial charge is 0.267 e. The van der Waals surface area contributed by atoms with E-state index in [9.17, 15) is 4.79 Å².